The first-order chi connectivity index (χ1) is 7.99. The van der Waals surface area contributed by atoms with Gasteiger partial charge in [-0.1, -0.05) is 0 Å². The Morgan fingerprint density at radius 2 is 2.18 bits per heavy atom. The topological polar surface area (TPSA) is 42.4 Å². The van der Waals surface area contributed by atoms with Gasteiger partial charge in [0.25, 0.3) is 0 Å². The minimum Gasteiger partial charge on any atom is -0.466 e. The van der Waals surface area contributed by atoms with Gasteiger partial charge in [-0.2, -0.15) is 0 Å². The molecular formula is C14H24N2O. The maximum absolute atomic E-state index is 6.02. The molecule has 0 bridgehead atoms. The number of nitrogens with two attached hydrogens (primary N) is 1. The average Bonchev–Trinajstić information content (AvgIpc) is 2.57. The molecule has 0 radical (unpaired) electrons. The standard InChI is InChI=1S/C14H24N2O/c1-9-7-13(15)5-6-16(9)11(3)14-8-10(2)17-12(14)4/h8-9,11,13H,5-7,15H2,1-4H3. The second-order valence-electron chi connectivity index (χ2n) is 5.42. The summed E-state index contributed by atoms with van der Waals surface area (Å²) in [4.78, 5) is 2.54. The number of rotatable bonds is 2. The zero-order chi connectivity index (χ0) is 12.6. The lowest BCUT2D eigenvalue weighted by Crippen LogP contribution is -2.46. The fourth-order valence-corrected chi connectivity index (χ4v) is 3.05. The van der Waals surface area contributed by atoms with Gasteiger partial charge in [-0.05, 0) is 46.6 Å². The van der Waals surface area contributed by atoms with Crippen molar-refractivity contribution in [3.8, 4) is 0 Å². The van der Waals surface area contributed by atoms with Crippen LogP contribution in [0.15, 0.2) is 10.5 Å². The van der Waals surface area contributed by atoms with Crippen molar-refractivity contribution in [3.63, 3.8) is 0 Å². The van der Waals surface area contributed by atoms with Crippen LogP contribution in [0.2, 0.25) is 0 Å². The first-order valence-corrected chi connectivity index (χ1v) is 6.57. The first-order valence-electron chi connectivity index (χ1n) is 6.57. The molecule has 3 heteroatoms. The second kappa shape index (κ2) is 4.83. The molecule has 3 atom stereocenters. The maximum Gasteiger partial charge on any atom is 0.105 e. The normalized spacial score (nSPS) is 28.3. The fraction of sp³-hybridized carbons (Fsp3) is 0.714. The van der Waals surface area contributed by atoms with Crippen molar-refractivity contribution in [2.24, 2.45) is 5.73 Å². The molecule has 1 aromatic rings. The molecule has 1 saturated heterocycles. The molecule has 3 nitrogen and oxygen atoms in total. The Morgan fingerprint density at radius 1 is 1.47 bits per heavy atom. The molecule has 1 aromatic heterocycles. The zero-order valence-electron chi connectivity index (χ0n) is 11.4. The Labute approximate surface area is 104 Å². The van der Waals surface area contributed by atoms with Gasteiger partial charge in [-0.25, -0.2) is 0 Å². The van der Waals surface area contributed by atoms with Gasteiger partial charge in [0.05, 0.1) is 0 Å². The molecule has 1 fully saturated rings. The third kappa shape index (κ3) is 2.55. The highest BCUT2D eigenvalue weighted by Crippen LogP contribution is 2.31. The average molecular weight is 236 g/mol. The number of hydrogen-bond donors (Lipinski definition) is 1. The van der Waals surface area contributed by atoms with E-state index in [0.717, 1.165) is 30.9 Å². The lowest BCUT2D eigenvalue weighted by molar-refractivity contribution is 0.103. The molecule has 3 unspecified atom stereocenters. The Morgan fingerprint density at radius 3 is 2.71 bits per heavy atom. The van der Waals surface area contributed by atoms with Crippen LogP contribution in [-0.4, -0.2) is 23.5 Å². The van der Waals surface area contributed by atoms with Crippen molar-refractivity contribution >= 4 is 0 Å². The lowest BCUT2D eigenvalue weighted by atomic mass is 9.95. The minimum absolute atomic E-state index is 0.376. The molecule has 2 rings (SSSR count). The van der Waals surface area contributed by atoms with Gasteiger partial charge >= 0.3 is 0 Å². The molecule has 2 heterocycles. The minimum atomic E-state index is 0.376. The molecule has 1 aliphatic rings. The third-order valence-electron chi connectivity index (χ3n) is 4.00. The van der Waals surface area contributed by atoms with Crippen LogP contribution in [0.3, 0.4) is 0 Å². The Bertz CT molecular complexity index is 386. The summed E-state index contributed by atoms with van der Waals surface area (Å²) < 4.78 is 5.63. The van der Waals surface area contributed by atoms with Crippen LogP contribution in [0.25, 0.3) is 0 Å². The van der Waals surface area contributed by atoms with E-state index in [-0.39, 0.29) is 0 Å². The van der Waals surface area contributed by atoms with Crippen LogP contribution in [0, 0.1) is 13.8 Å². The molecule has 1 aliphatic heterocycles. The molecule has 0 amide bonds. The highest BCUT2D eigenvalue weighted by Gasteiger charge is 2.29. The third-order valence-corrected chi connectivity index (χ3v) is 4.00. The van der Waals surface area contributed by atoms with E-state index in [9.17, 15) is 0 Å². The van der Waals surface area contributed by atoms with Gasteiger partial charge in [-0.3, -0.25) is 4.90 Å². The molecule has 0 spiro atoms. The van der Waals surface area contributed by atoms with E-state index >= 15 is 0 Å². The van der Waals surface area contributed by atoms with E-state index in [1.165, 1.54) is 5.56 Å². The maximum atomic E-state index is 6.02. The van der Waals surface area contributed by atoms with Gasteiger partial charge < -0.3 is 10.2 Å². The van der Waals surface area contributed by atoms with E-state index in [4.69, 9.17) is 10.2 Å². The van der Waals surface area contributed by atoms with Crippen molar-refractivity contribution < 1.29 is 4.42 Å². The number of nitrogens with zero attached hydrogens (tertiary/aromatic N) is 1. The summed E-state index contributed by atoms with van der Waals surface area (Å²) in [7, 11) is 0. The summed E-state index contributed by atoms with van der Waals surface area (Å²) >= 11 is 0. The summed E-state index contributed by atoms with van der Waals surface area (Å²) in [6.07, 6.45) is 2.20. The van der Waals surface area contributed by atoms with Gasteiger partial charge in [-0.15, -0.1) is 0 Å². The largest absolute Gasteiger partial charge is 0.466 e. The van der Waals surface area contributed by atoms with Gasteiger partial charge in [0.15, 0.2) is 0 Å². The smallest absolute Gasteiger partial charge is 0.105 e. The van der Waals surface area contributed by atoms with E-state index in [2.05, 4.69) is 31.7 Å². The number of piperidine rings is 1. The molecule has 96 valence electrons. The van der Waals surface area contributed by atoms with Crippen LogP contribution in [0.4, 0.5) is 0 Å². The predicted octanol–water partition coefficient (Wildman–Crippen LogP) is 2.77. The summed E-state index contributed by atoms with van der Waals surface area (Å²) in [5.74, 6) is 2.06. The quantitative estimate of drug-likeness (QED) is 0.858. The fourth-order valence-electron chi connectivity index (χ4n) is 3.05. The second-order valence-corrected chi connectivity index (χ2v) is 5.42. The highest BCUT2D eigenvalue weighted by molar-refractivity contribution is 5.24. The van der Waals surface area contributed by atoms with Crippen LogP contribution < -0.4 is 5.73 Å². The Hall–Kier alpha value is -0.800. The zero-order valence-corrected chi connectivity index (χ0v) is 11.4. The van der Waals surface area contributed by atoms with Crippen molar-refractivity contribution in [2.75, 3.05) is 6.54 Å². The summed E-state index contributed by atoms with van der Waals surface area (Å²) in [6, 6.07) is 3.53. The molecule has 0 saturated carbocycles. The first kappa shape index (κ1) is 12.7. The van der Waals surface area contributed by atoms with Crippen LogP contribution >= 0.6 is 0 Å². The Kier molecular flexibility index (Phi) is 3.59. The molecule has 0 aliphatic carbocycles. The van der Waals surface area contributed by atoms with Crippen molar-refractivity contribution in [1.29, 1.82) is 0 Å². The number of aryl methyl sites for hydroxylation is 2. The number of hydrogen-bond acceptors (Lipinski definition) is 3. The van der Waals surface area contributed by atoms with Crippen LogP contribution in [0.5, 0.6) is 0 Å². The monoisotopic (exact) mass is 236 g/mol. The Balaban J connectivity index is 2.14. The van der Waals surface area contributed by atoms with E-state index in [1.807, 2.05) is 6.92 Å². The van der Waals surface area contributed by atoms with E-state index in [1.54, 1.807) is 0 Å². The summed E-state index contributed by atoms with van der Waals surface area (Å²) in [5, 5.41) is 0. The summed E-state index contributed by atoms with van der Waals surface area (Å²) in [6.45, 7) is 9.70. The van der Waals surface area contributed by atoms with Gasteiger partial charge in [0, 0.05) is 30.2 Å². The lowest BCUT2D eigenvalue weighted by Gasteiger charge is -2.40. The van der Waals surface area contributed by atoms with Crippen molar-refractivity contribution in [2.45, 2.75) is 58.7 Å². The van der Waals surface area contributed by atoms with Gasteiger partial charge in [0.1, 0.15) is 11.5 Å². The molecule has 2 N–H and O–H groups in total. The van der Waals surface area contributed by atoms with Gasteiger partial charge in [0.2, 0.25) is 0 Å². The number of likely N-dealkylation sites (tertiary alicyclic amines) is 1. The molecular weight excluding hydrogens is 212 g/mol. The molecule has 0 aromatic carbocycles. The van der Waals surface area contributed by atoms with Crippen molar-refractivity contribution in [3.05, 3.63) is 23.2 Å². The number of furan rings is 1. The summed E-state index contributed by atoms with van der Waals surface area (Å²) in [5.41, 5.74) is 7.34. The molecule has 17 heavy (non-hydrogen) atoms. The highest BCUT2D eigenvalue weighted by atomic mass is 16.3. The van der Waals surface area contributed by atoms with Crippen LogP contribution in [0.1, 0.15) is 49.8 Å². The van der Waals surface area contributed by atoms with Crippen LogP contribution in [-0.2, 0) is 0 Å². The van der Waals surface area contributed by atoms with E-state index in [0.29, 0.717) is 18.1 Å². The SMILES string of the molecule is Cc1cc(C(C)N2CCC(N)CC2C)c(C)o1. The predicted molar refractivity (Wildman–Crippen MR) is 70.0 cm³/mol. The van der Waals surface area contributed by atoms with Crippen molar-refractivity contribution in [1.82, 2.24) is 4.90 Å². The van der Waals surface area contributed by atoms with E-state index < -0.39 is 0 Å².